The second kappa shape index (κ2) is 19.0. The zero-order valence-corrected chi connectivity index (χ0v) is 44.3. The standard InChI is InChI=1S/2C30H38O4/c2*1-11-33-26(31)20(4)17-30(21-13-12-18(2)19(3)14-21)24-16-22(28(5,6)7)15-23(29(8,9)10)25(24)34-27(30)32/h2*12-16H,4,11,17H2,1-3,5-10H3. The highest BCUT2D eigenvalue weighted by atomic mass is 16.6. The molecular formula is C60H76O8. The molecule has 68 heavy (non-hydrogen) atoms. The summed E-state index contributed by atoms with van der Waals surface area (Å²) in [5.41, 5.74) is 9.16. The number of benzene rings is 4. The summed E-state index contributed by atoms with van der Waals surface area (Å²) in [6, 6.07) is 20.5. The molecule has 0 aromatic heterocycles. The summed E-state index contributed by atoms with van der Waals surface area (Å²) >= 11 is 0. The number of hydrogen-bond acceptors (Lipinski definition) is 8. The van der Waals surface area contributed by atoms with Crippen LogP contribution in [0.5, 0.6) is 11.5 Å². The molecule has 0 radical (unpaired) electrons. The minimum atomic E-state index is -1.18. The monoisotopic (exact) mass is 925 g/mol. The Balaban J connectivity index is 0.000000254. The average molecular weight is 925 g/mol. The molecule has 4 aromatic carbocycles. The molecule has 6 rings (SSSR count). The van der Waals surface area contributed by atoms with Crippen LogP contribution in [-0.4, -0.2) is 37.1 Å². The molecule has 0 spiro atoms. The molecule has 2 heterocycles. The van der Waals surface area contributed by atoms with Gasteiger partial charge in [-0.15, -0.1) is 0 Å². The average Bonchev–Trinajstić information content (AvgIpc) is 3.67. The number of aryl methyl sites for hydroxylation is 4. The summed E-state index contributed by atoms with van der Waals surface area (Å²) in [7, 11) is 0. The first-order valence-corrected chi connectivity index (χ1v) is 23.9. The van der Waals surface area contributed by atoms with Gasteiger partial charge in [-0.05, 0) is 108 Å². The van der Waals surface area contributed by atoms with Gasteiger partial charge in [0, 0.05) is 46.2 Å². The van der Waals surface area contributed by atoms with Crippen molar-refractivity contribution in [2.24, 2.45) is 0 Å². The molecule has 0 N–H and O–H groups in total. The minimum absolute atomic E-state index is 0.0946. The van der Waals surface area contributed by atoms with Crippen molar-refractivity contribution in [3.63, 3.8) is 0 Å². The highest BCUT2D eigenvalue weighted by Crippen LogP contribution is 2.55. The van der Waals surface area contributed by atoms with E-state index < -0.39 is 22.8 Å². The van der Waals surface area contributed by atoms with E-state index >= 15 is 0 Å². The first-order chi connectivity index (χ1) is 31.2. The van der Waals surface area contributed by atoms with Crippen molar-refractivity contribution in [1.29, 1.82) is 0 Å². The third kappa shape index (κ3) is 10.2. The van der Waals surface area contributed by atoms with Crippen molar-refractivity contribution in [3.8, 4) is 11.5 Å². The number of fused-ring (bicyclic) bond motifs is 2. The largest absolute Gasteiger partial charge is 0.463 e. The third-order valence-corrected chi connectivity index (χ3v) is 13.6. The van der Waals surface area contributed by atoms with Crippen LogP contribution in [0.2, 0.25) is 0 Å². The first-order valence-electron chi connectivity index (χ1n) is 23.9. The van der Waals surface area contributed by atoms with Crippen molar-refractivity contribution in [1.82, 2.24) is 0 Å². The summed E-state index contributed by atoms with van der Waals surface area (Å²) in [5.74, 6) is -0.550. The zero-order valence-electron chi connectivity index (χ0n) is 44.3. The lowest BCUT2D eigenvalue weighted by molar-refractivity contribution is -0.141. The molecule has 0 fully saturated rings. The van der Waals surface area contributed by atoms with E-state index in [0.717, 1.165) is 66.8 Å². The number of rotatable bonds is 10. The van der Waals surface area contributed by atoms with Crippen LogP contribution in [-0.2, 0) is 61.1 Å². The van der Waals surface area contributed by atoms with Gasteiger partial charge in [-0.3, -0.25) is 9.59 Å². The summed E-state index contributed by atoms with van der Waals surface area (Å²) < 4.78 is 22.6. The van der Waals surface area contributed by atoms with Gasteiger partial charge in [-0.1, -0.05) is 157 Å². The summed E-state index contributed by atoms with van der Waals surface area (Å²) in [6.07, 6.45) is 0.189. The molecule has 0 saturated carbocycles. The zero-order chi connectivity index (χ0) is 51.3. The number of carbonyl (C=O) groups is 4. The maximum absolute atomic E-state index is 13.9. The van der Waals surface area contributed by atoms with Gasteiger partial charge in [0.05, 0.1) is 13.2 Å². The minimum Gasteiger partial charge on any atom is -0.463 e. The Bertz CT molecular complexity index is 2500. The Morgan fingerprint density at radius 1 is 0.500 bits per heavy atom. The van der Waals surface area contributed by atoms with E-state index in [1.54, 1.807) is 13.8 Å². The maximum atomic E-state index is 13.9. The second-order valence-corrected chi connectivity index (χ2v) is 23.0. The van der Waals surface area contributed by atoms with Crippen molar-refractivity contribution >= 4 is 23.9 Å². The van der Waals surface area contributed by atoms with Crippen LogP contribution in [0, 0.1) is 27.7 Å². The molecule has 2 unspecified atom stereocenters. The van der Waals surface area contributed by atoms with E-state index in [1.165, 1.54) is 0 Å². The number of esters is 4. The van der Waals surface area contributed by atoms with Crippen LogP contribution in [0.3, 0.4) is 0 Å². The third-order valence-electron chi connectivity index (χ3n) is 13.6. The molecule has 2 atom stereocenters. The van der Waals surface area contributed by atoms with E-state index in [1.807, 2.05) is 64.1 Å². The highest BCUT2D eigenvalue weighted by molar-refractivity contribution is 5.99. The Hall–Kier alpha value is -5.76. The van der Waals surface area contributed by atoms with Gasteiger partial charge in [-0.25, -0.2) is 9.59 Å². The quantitative estimate of drug-likeness (QED) is 0.0880. The molecule has 4 aromatic rings. The Morgan fingerprint density at radius 2 is 0.824 bits per heavy atom. The van der Waals surface area contributed by atoms with E-state index in [4.69, 9.17) is 18.9 Å². The fourth-order valence-corrected chi connectivity index (χ4v) is 9.02. The van der Waals surface area contributed by atoms with E-state index in [2.05, 4.69) is 121 Å². The van der Waals surface area contributed by atoms with Crippen LogP contribution in [0.25, 0.3) is 0 Å². The van der Waals surface area contributed by atoms with Gasteiger partial charge in [0.2, 0.25) is 0 Å². The Labute approximate surface area is 406 Å². The SMILES string of the molecule is C=C(CC1(c2ccc(C)c(C)c2)C(=O)Oc2c(C(C)(C)C)cc(C(C)(C)C)cc21)C(=O)OCC.C=C(CC1(c2ccc(C)c(C)c2)C(=O)Oc2c(C(C)(C)C)cc(C(C)(C)C)cc21)C(=O)OCC. The molecule has 364 valence electrons. The van der Waals surface area contributed by atoms with Crippen LogP contribution in [0.1, 0.15) is 177 Å². The van der Waals surface area contributed by atoms with Crippen molar-refractivity contribution in [3.05, 3.63) is 152 Å². The fraction of sp³-hybridized carbons (Fsp3) is 0.467. The molecule has 0 bridgehead atoms. The molecule has 0 amide bonds. The molecule has 0 aliphatic carbocycles. The van der Waals surface area contributed by atoms with Crippen LogP contribution in [0.15, 0.2) is 85.0 Å². The lowest BCUT2D eigenvalue weighted by Crippen LogP contribution is -2.37. The summed E-state index contributed by atoms with van der Waals surface area (Å²) in [4.78, 5) is 53.0. The smallest absolute Gasteiger partial charge is 0.333 e. The predicted octanol–water partition coefficient (Wildman–Crippen LogP) is 13.2. The Kier molecular flexibility index (Phi) is 14.8. The van der Waals surface area contributed by atoms with Crippen LogP contribution in [0.4, 0.5) is 0 Å². The second-order valence-electron chi connectivity index (χ2n) is 23.0. The van der Waals surface area contributed by atoms with Crippen molar-refractivity contribution in [2.45, 2.75) is 170 Å². The van der Waals surface area contributed by atoms with E-state index in [0.29, 0.717) is 11.5 Å². The highest BCUT2D eigenvalue weighted by Gasteiger charge is 2.55. The van der Waals surface area contributed by atoms with Gasteiger partial charge >= 0.3 is 23.9 Å². The molecular weight excluding hydrogens is 849 g/mol. The summed E-state index contributed by atoms with van der Waals surface area (Å²) in [6.45, 7) is 45.9. The molecule has 2 aliphatic rings. The van der Waals surface area contributed by atoms with Crippen LogP contribution >= 0.6 is 0 Å². The molecule has 0 saturated heterocycles. The lowest BCUT2D eigenvalue weighted by atomic mass is 9.68. The lowest BCUT2D eigenvalue weighted by Gasteiger charge is -2.31. The summed E-state index contributed by atoms with van der Waals surface area (Å²) in [5, 5.41) is 0. The van der Waals surface area contributed by atoms with Crippen LogP contribution < -0.4 is 9.47 Å². The number of hydrogen-bond donors (Lipinski definition) is 0. The van der Waals surface area contributed by atoms with E-state index in [9.17, 15) is 19.2 Å². The van der Waals surface area contributed by atoms with Gasteiger partial charge in [0.25, 0.3) is 0 Å². The predicted molar refractivity (Wildman–Crippen MR) is 273 cm³/mol. The Morgan fingerprint density at radius 3 is 1.09 bits per heavy atom. The van der Waals surface area contributed by atoms with Gasteiger partial charge < -0.3 is 18.9 Å². The van der Waals surface area contributed by atoms with Crippen molar-refractivity contribution in [2.75, 3.05) is 13.2 Å². The topological polar surface area (TPSA) is 105 Å². The fourth-order valence-electron chi connectivity index (χ4n) is 9.02. The number of ether oxygens (including phenoxy) is 4. The first kappa shape index (κ1) is 53.2. The molecule has 2 aliphatic heterocycles. The van der Waals surface area contributed by atoms with Gasteiger partial charge in [-0.2, -0.15) is 0 Å². The molecule has 8 heteroatoms. The normalized spacial score (nSPS) is 17.9. The molecule has 8 nitrogen and oxygen atoms in total. The van der Waals surface area contributed by atoms with E-state index in [-0.39, 0.29) is 70.8 Å². The van der Waals surface area contributed by atoms with Crippen molar-refractivity contribution < 1.29 is 38.1 Å². The van der Waals surface area contributed by atoms with Gasteiger partial charge in [0.15, 0.2) is 0 Å². The maximum Gasteiger partial charge on any atom is 0.333 e. The number of carbonyl (C=O) groups excluding carboxylic acids is 4. The van der Waals surface area contributed by atoms with Gasteiger partial charge in [0.1, 0.15) is 22.3 Å².